The Morgan fingerprint density at radius 3 is 2.44 bits per heavy atom. The van der Waals surface area contributed by atoms with E-state index in [0.717, 1.165) is 19.3 Å². The Morgan fingerprint density at radius 1 is 1.12 bits per heavy atom. The molecule has 2 fully saturated rings. The number of esters is 1. The van der Waals surface area contributed by atoms with Crippen molar-refractivity contribution in [2.24, 2.45) is 22.7 Å². The molecule has 0 saturated heterocycles. The van der Waals surface area contributed by atoms with E-state index in [4.69, 9.17) is 18.9 Å². The van der Waals surface area contributed by atoms with Crippen molar-refractivity contribution >= 4 is 12.3 Å². The van der Waals surface area contributed by atoms with Crippen LogP contribution < -0.4 is 9.47 Å². The quantitative estimate of drug-likeness (QED) is 0.458. The van der Waals surface area contributed by atoms with Crippen molar-refractivity contribution in [1.82, 2.24) is 0 Å². The first-order chi connectivity index (χ1) is 15.9. The van der Waals surface area contributed by atoms with Crippen molar-refractivity contribution in [2.45, 2.75) is 78.6 Å². The topological polar surface area (TPSA) is 91.3 Å². The molecule has 7 nitrogen and oxygen atoms in total. The third kappa shape index (κ3) is 3.63. The van der Waals surface area contributed by atoms with Gasteiger partial charge in [-0.05, 0) is 56.3 Å². The zero-order valence-corrected chi connectivity index (χ0v) is 21.4. The first-order valence-corrected chi connectivity index (χ1v) is 12.2. The SMILES string of the molecule is COc1c(C)c(OC[C@@H]2[C@@]3(C)CCCC(C)(C)[C@@H]3CC[C@@]2(C)O)c(C=O)c2c1C(=O)O[C@H]2OC. The van der Waals surface area contributed by atoms with Crippen molar-refractivity contribution < 1.29 is 33.6 Å². The van der Waals surface area contributed by atoms with Gasteiger partial charge in [-0.3, -0.25) is 4.79 Å². The van der Waals surface area contributed by atoms with Crippen LogP contribution in [0.4, 0.5) is 0 Å². The number of benzene rings is 1. The van der Waals surface area contributed by atoms with Crippen LogP contribution >= 0.6 is 0 Å². The molecule has 0 bridgehead atoms. The fourth-order valence-corrected chi connectivity index (χ4v) is 7.42. The summed E-state index contributed by atoms with van der Waals surface area (Å²) in [5.41, 5.74) is 0.540. The molecule has 1 aromatic carbocycles. The van der Waals surface area contributed by atoms with E-state index >= 15 is 0 Å². The van der Waals surface area contributed by atoms with Gasteiger partial charge in [0.25, 0.3) is 0 Å². The Kier molecular flexibility index (Phi) is 6.26. The molecule has 4 rings (SSSR count). The van der Waals surface area contributed by atoms with Gasteiger partial charge >= 0.3 is 5.97 Å². The van der Waals surface area contributed by atoms with Gasteiger partial charge in [0.2, 0.25) is 6.29 Å². The average molecular weight is 475 g/mol. The Hall–Kier alpha value is -2.12. The number of rotatable bonds is 6. The van der Waals surface area contributed by atoms with Gasteiger partial charge < -0.3 is 24.1 Å². The highest BCUT2D eigenvalue weighted by Gasteiger charge is 2.58. The predicted octanol–water partition coefficient (Wildman–Crippen LogP) is 5.00. The highest BCUT2D eigenvalue weighted by Crippen LogP contribution is 2.62. The maximum absolute atomic E-state index is 12.5. The van der Waals surface area contributed by atoms with Crippen LogP contribution in [0.25, 0.3) is 0 Å². The summed E-state index contributed by atoms with van der Waals surface area (Å²) in [4.78, 5) is 24.8. The molecular formula is C27H38O7. The Labute approximate surface area is 202 Å². The van der Waals surface area contributed by atoms with Gasteiger partial charge in [-0.25, -0.2) is 4.79 Å². The van der Waals surface area contributed by atoms with Crippen molar-refractivity contribution in [2.75, 3.05) is 20.8 Å². The van der Waals surface area contributed by atoms with Crippen LogP contribution in [-0.4, -0.2) is 43.8 Å². The van der Waals surface area contributed by atoms with Crippen LogP contribution in [0.5, 0.6) is 11.5 Å². The second kappa shape index (κ2) is 8.52. The molecule has 0 aromatic heterocycles. The number of ether oxygens (including phenoxy) is 4. The Balaban J connectivity index is 1.76. The molecule has 7 heteroatoms. The number of methoxy groups -OCH3 is 2. The highest BCUT2D eigenvalue weighted by atomic mass is 16.7. The predicted molar refractivity (Wildman–Crippen MR) is 126 cm³/mol. The molecule has 1 aliphatic heterocycles. The molecule has 1 aromatic rings. The molecule has 0 radical (unpaired) electrons. The maximum Gasteiger partial charge on any atom is 0.345 e. The van der Waals surface area contributed by atoms with E-state index in [1.165, 1.54) is 20.6 Å². The van der Waals surface area contributed by atoms with Crippen LogP contribution in [0.1, 0.15) is 97.9 Å². The van der Waals surface area contributed by atoms with Gasteiger partial charge in [-0.15, -0.1) is 0 Å². The largest absolute Gasteiger partial charge is 0.495 e. The summed E-state index contributed by atoms with van der Waals surface area (Å²) >= 11 is 0. The summed E-state index contributed by atoms with van der Waals surface area (Å²) in [6.45, 7) is 10.9. The lowest BCUT2D eigenvalue weighted by molar-refractivity contribution is -0.176. The molecule has 2 aliphatic carbocycles. The molecule has 0 spiro atoms. The van der Waals surface area contributed by atoms with Gasteiger partial charge in [0.05, 0.1) is 30.4 Å². The summed E-state index contributed by atoms with van der Waals surface area (Å²) in [7, 11) is 2.89. The molecule has 188 valence electrons. The molecule has 3 aliphatic rings. The first kappa shape index (κ1) is 25.0. The van der Waals surface area contributed by atoms with Gasteiger partial charge in [-0.2, -0.15) is 0 Å². The summed E-state index contributed by atoms with van der Waals surface area (Å²) in [5.74, 6) is 0.438. The fraction of sp³-hybridized carbons (Fsp3) is 0.704. The van der Waals surface area contributed by atoms with E-state index in [-0.39, 0.29) is 34.5 Å². The first-order valence-electron chi connectivity index (χ1n) is 12.2. The van der Waals surface area contributed by atoms with Crippen LogP contribution in [0.3, 0.4) is 0 Å². The van der Waals surface area contributed by atoms with Gasteiger partial charge in [0.1, 0.15) is 17.1 Å². The second-order valence-electron chi connectivity index (χ2n) is 11.4. The monoisotopic (exact) mass is 474 g/mol. The van der Waals surface area contributed by atoms with Crippen LogP contribution in [-0.2, 0) is 9.47 Å². The van der Waals surface area contributed by atoms with Crippen molar-refractivity contribution in [3.05, 3.63) is 22.3 Å². The van der Waals surface area contributed by atoms with Crippen LogP contribution in [0, 0.1) is 29.6 Å². The molecule has 2 saturated carbocycles. The minimum atomic E-state index is -1.00. The lowest BCUT2D eigenvalue weighted by Crippen LogP contribution is -2.59. The number of aliphatic hydroxyl groups is 1. The summed E-state index contributed by atoms with van der Waals surface area (Å²) < 4.78 is 22.6. The summed E-state index contributed by atoms with van der Waals surface area (Å²) in [6.07, 6.45) is 4.73. The highest BCUT2D eigenvalue weighted by molar-refractivity contribution is 6.02. The molecule has 5 atom stereocenters. The van der Waals surface area contributed by atoms with E-state index in [2.05, 4.69) is 20.8 Å². The van der Waals surface area contributed by atoms with Crippen LogP contribution in [0.15, 0.2) is 0 Å². The van der Waals surface area contributed by atoms with Gasteiger partial charge in [-0.1, -0.05) is 27.2 Å². The number of hydrogen-bond donors (Lipinski definition) is 1. The van der Waals surface area contributed by atoms with Crippen molar-refractivity contribution in [3.63, 3.8) is 0 Å². The van der Waals surface area contributed by atoms with E-state index in [0.29, 0.717) is 41.3 Å². The average Bonchev–Trinajstić information content (AvgIpc) is 3.08. The lowest BCUT2D eigenvalue weighted by atomic mass is 9.46. The summed E-state index contributed by atoms with van der Waals surface area (Å²) in [6, 6.07) is 0. The second-order valence-corrected chi connectivity index (χ2v) is 11.4. The van der Waals surface area contributed by atoms with Crippen molar-refractivity contribution in [3.8, 4) is 11.5 Å². The lowest BCUT2D eigenvalue weighted by Gasteiger charge is -2.61. The zero-order chi connectivity index (χ0) is 25.1. The smallest absolute Gasteiger partial charge is 0.345 e. The minimum Gasteiger partial charge on any atom is -0.495 e. The summed E-state index contributed by atoms with van der Waals surface area (Å²) in [5, 5.41) is 11.5. The number of fused-ring (bicyclic) bond motifs is 2. The van der Waals surface area contributed by atoms with Crippen LogP contribution in [0.2, 0.25) is 0 Å². The molecule has 1 N–H and O–H groups in total. The van der Waals surface area contributed by atoms with E-state index in [1.54, 1.807) is 6.92 Å². The van der Waals surface area contributed by atoms with Crippen molar-refractivity contribution in [1.29, 1.82) is 0 Å². The third-order valence-corrected chi connectivity index (χ3v) is 9.06. The minimum absolute atomic E-state index is 0.0896. The molecule has 0 amide bonds. The third-order valence-electron chi connectivity index (χ3n) is 9.06. The molecule has 0 unspecified atom stereocenters. The van der Waals surface area contributed by atoms with Gasteiger partial charge in [0, 0.05) is 18.6 Å². The Bertz CT molecular complexity index is 995. The number of aldehydes is 1. The molecule has 34 heavy (non-hydrogen) atoms. The zero-order valence-electron chi connectivity index (χ0n) is 21.4. The fourth-order valence-electron chi connectivity index (χ4n) is 7.42. The van der Waals surface area contributed by atoms with E-state index in [1.807, 2.05) is 6.92 Å². The van der Waals surface area contributed by atoms with E-state index < -0.39 is 17.9 Å². The normalized spacial score (nSPS) is 34.1. The number of cyclic esters (lactones) is 1. The number of carbonyl (C=O) groups is 2. The Morgan fingerprint density at radius 2 is 1.82 bits per heavy atom. The maximum atomic E-state index is 12.5. The standard InChI is InChI=1S/C27H38O7/c1-15-21(16(13-28)19-20(22(15)31-6)23(29)34-24(19)32-7)33-14-18-26(4)11-8-10-25(2,3)17(26)9-12-27(18,5)30/h13,17-18,24,30H,8-12,14H2,1-7H3/t17-,18+,24+,26-,27+/m0/s1. The molecule has 1 heterocycles. The molecular weight excluding hydrogens is 436 g/mol. The number of carbonyl (C=O) groups excluding carboxylic acids is 2. The van der Waals surface area contributed by atoms with Gasteiger partial charge in [0.15, 0.2) is 6.29 Å². The number of hydrogen-bond acceptors (Lipinski definition) is 7. The van der Waals surface area contributed by atoms with E-state index in [9.17, 15) is 14.7 Å².